The number of fused-ring (bicyclic) bond motifs is 1. The minimum Gasteiger partial charge on any atom is -0.364 e. The van der Waals surface area contributed by atoms with E-state index >= 15 is 0 Å². The molecule has 0 spiro atoms. The molecule has 118 valence electrons. The molecular formula is C16H18N6O. The number of nitrogens with two attached hydrogens (primary N) is 1. The van der Waals surface area contributed by atoms with E-state index in [1.54, 1.807) is 12.4 Å². The fraction of sp³-hybridized carbons (Fsp3) is 0.375. The molecule has 0 bridgehead atoms. The number of aromatic nitrogens is 3. The summed E-state index contributed by atoms with van der Waals surface area (Å²) >= 11 is 0. The Morgan fingerprint density at radius 1 is 1.30 bits per heavy atom. The highest BCUT2D eigenvalue weighted by Gasteiger charge is 2.46. The third-order valence-corrected chi connectivity index (χ3v) is 4.77. The molecule has 2 aromatic heterocycles. The summed E-state index contributed by atoms with van der Waals surface area (Å²) in [7, 11) is 2.16. The van der Waals surface area contributed by atoms with Gasteiger partial charge in [-0.2, -0.15) is 0 Å². The number of pyridine rings is 1. The van der Waals surface area contributed by atoms with Crippen LogP contribution in [0.5, 0.6) is 0 Å². The van der Waals surface area contributed by atoms with Gasteiger partial charge in [0.1, 0.15) is 11.5 Å². The number of carbonyl (C=O) groups excluding carboxylic acids is 1. The number of likely N-dealkylation sites (tertiary alicyclic amines) is 1. The van der Waals surface area contributed by atoms with Gasteiger partial charge in [0.25, 0.3) is 5.91 Å². The van der Waals surface area contributed by atoms with Gasteiger partial charge in [-0.1, -0.05) is 6.07 Å². The second-order valence-corrected chi connectivity index (χ2v) is 6.06. The Hall–Kier alpha value is -2.54. The molecule has 1 amide bonds. The van der Waals surface area contributed by atoms with Crippen molar-refractivity contribution in [1.29, 1.82) is 0 Å². The van der Waals surface area contributed by atoms with Gasteiger partial charge in [0.2, 0.25) is 0 Å². The SMILES string of the molecule is CN1CC[C@@H]2[C@H]1CN2c1cnc(C(N)=O)c(-c2ccccn2)n1. The van der Waals surface area contributed by atoms with Crippen LogP contribution in [0.1, 0.15) is 16.9 Å². The standard InChI is InChI=1S/C16H18N6O/c1-21-7-5-11-12(21)9-22(11)13-8-19-15(16(17)23)14(20-13)10-4-2-3-6-18-10/h2-4,6,8,11-12H,5,7,9H2,1H3,(H2,17,23)/t11-,12-/m1/s1. The first kappa shape index (κ1) is 14.1. The molecule has 4 rings (SSSR count). The van der Waals surface area contributed by atoms with E-state index in [4.69, 9.17) is 5.73 Å². The van der Waals surface area contributed by atoms with E-state index in [0.717, 1.165) is 25.3 Å². The molecule has 2 saturated heterocycles. The third kappa shape index (κ3) is 2.24. The van der Waals surface area contributed by atoms with Crippen molar-refractivity contribution in [2.75, 3.05) is 25.0 Å². The Balaban J connectivity index is 1.72. The normalized spacial score (nSPS) is 23.4. The van der Waals surface area contributed by atoms with Gasteiger partial charge < -0.3 is 10.6 Å². The second-order valence-electron chi connectivity index (χ2n) is 6.06. The Bertz CT molecular complexity index is 749. The van der Waals surface area contributed by atoms with Crippen molar-refractivity contribution in [1.82, 2.24) is 19.9 Å². The van der Waals surface area contributed by atoms with E-state index in [-0.39, 0.29) is 5.69 Å². The zero-order valence-corrected chi connectivity index (χ0v) is 12.9. The lowest BCUT2D eigenvalue weighted by Crippen LogP contribution is -2.61. The van der Waals surface area contributed by atoms with Crippen LogP contribution in [0.15, 0.2) is 30.6 Å². The highest BCUT2D eigenvalue weighted by atomic mass is 16.1. The lowest BCUT2D eigenvalue weighted by Gasteiger charge is -2.46. The molecule has 4 heterocycles. The minimum atomic E-state index is -0.591. The molecule has 0 radical (unpaired) electrons. The van der Waals surface area contributed by atoms with Crippen molar-refractivity contribution in [2.24, 2.45) is 5.73 Å². The molecular weight excluding hydrogens is 292 g/mol. The predicted octanol–water partition coefficient (Wildman–Crippen LogP) is 0.530. The van der Waals surface area contributed by atoms with Crippen molar-refractivity contribution >= 4 is 11.7 Å². The van der Waals surface area contributed by atoms with Crippen LogP contribution >= 0.6 is 0 Å². The lowest BCUT2D eigenvalue weighted by molar-refractivity contribution is 0.0996. The Labute approximate surface area is 134 Å². The smallest absolute Gasteiger partial charge is 0.269 e. The number of likely N-dealkylation sites (N-methyl/N-ethyl adjacent to an activating group) is 1. The van der Waals surface area contributed by atoms with Crippen LogP contribution in [0, 0.1) is 0 Å². The number of rotatable bonds is 3. The van der Waals surface area contributed by atoms with Crippen LogP contribution in [-0.4, -0.2) is 58.0 Å². The van der Waals surface area contributed by atoms with Crippen LogP contribution in [-0.2, 0) is 0 Å². The maximum absolute atomic E-state index is 11.7. The molecule has 2 atom stereocenters. The van der Waals surface area contributed by atoms with Gasteiger partial charge >= 0.3 is 0 Å². The first-order valence-electron chi connectivity index (χ1n) is 7.70. The molecule has 7 nitrogen and oxygen atoms in total. The maximum atomic E-state index is 11.7. The zero-order chi connectivity index (χ0) is 16.0. The van der Waals surface area contributed by atoms with Crippen LogP contribution in [0.25, 0.3) is 11.4 Å². The summed E-state index contributed by atoms with van der Waals surface area (Å²) in [5.41, 5.74) is 6.66. The van der Waals surface area contributed by atoms with Gasteiger partial charge in [-0.3, -0.25) is 14.7 Å². The number of hydrogen-bond donors (Lipinski definition) is 1. The summed E-state index contributed by atoms with van der Waals surface area (Å²) in [6, 6.07) is 6.55. The lowest BCUT2D eigenvalue weighted by atomic mass is 9.97. The second kappa shape index (κ2) is 5.27. The number of carbonyl (C=O) groups is 1. The molecule has 2 aromatic rings. The summed E-state index contributed by atoms with van der Waals surface area (Å²) in [5, 5.41) is 0. The van der Waals surface area contributed by atoms with E-state index in [1.807, 2.05) is 18.2 Å². The van der Waals surface area contributed by atoms with Gasteiger partial charge in [-0.15, -0.1) is 0 Å². The monoisotopic (exact) mass is 310 g/mol. The molecule has 2 aliphatic heterocycles. The summed E-state index contributed by atoms with van der Waals surface area (Å²) in [5.74, 6) is 0.194. The molecule has 2 fully saturated rings. The van der Waals surface area contributed by atoms with Gasteiger partial charge in [0.15, 0.2) is 5.69 Å². The van der Waals surface area contributed by atoms with Crippen molar-refractivity contribution < 1.29 is 4.79 Å². The number of primary amides is 1. The highest BCUT2D eigenvalue weighted by molar-refractivity contribution is 5.96. The first-order valence-corrected chi connectivity index (χ1v) is 7.70. The summed E-state index contributed by atoms with van der Waals surface area (Å²) in [6.45, 7) is 2.04. The van der Waals surface area contributed by atoms with Gasteiger partial charge in [-0.25, -0.2) is 9.97 Å². The van der Waals surface area contributed by atoms with Crippen LogP contribution in [0.2, 0.25) is 0 Å². The molecule has 2 N–H and O–H groups in total. The number of nitrogens with zero attached hydrogens (tertiary/aromatic N) is 5. The van der Waals surface area contributed by atoms with E-state index in [0.29, 0.717) is 23.5 Å². The zero-order valence-electron chi connectivity index (χ0n) is 12.9. The Morgan fingerprint density at radius 2 is 2.17 bits per heavy atom. The first-order chi connectivity index (χ1) is 11.1. The van der Waals surface area contributed by atoms with Crippen molar-refractivity contribution in [3.8, 4) is 11.4 Å². The van der Waals surface area contributed by atoms with Gasteiger partial charge in [0.05, 0.1) is 11.9 Å². The van der Waals surface area contributed by atoms with Crippen molar-refractivity contribution in [2.45, 2.75) is 18.5 Å². The summed E-state index contributed by atoms with van der Waals surface area (Å²) in [6.07, 6.45) is 4.43. The Morgan fingerprint density at radius 3 is 2.87 bits per heavy atom. The minimum absolute atomic E-state index is 0.160. The maximum Gasteiger partial charge on any atom is 0.269 e. The van der Waals surface area contributed by atoms with Crippen LogP contribution < -0.4 is 10.6 Å². The Kier molecular flexibility index (Phi) is 3.23. The molecule has 0 aliphatic carbocycles. The fourth-order valence-electron chi connectivity index (χ4n) is 3.45. The van der Waals surface area contributed by atoms with E-state index in [9.17, 15) is 4.79 Å². The van der Waals surface area contributed by atoms with Crippen molar-refractivity contribution in [3.63, 3.8) is 0 Å². The molecule has 7 heteroatoms. The van der Waals surface area contributed by atoms with E-state index in [2.05, 4.69) is 31.8 Å². The molecule has 0 unspecified atom stereocenters. The predicted molar refractivity (Wildman–Crippen MR) is 85.9 cm³/mol. The van der Waals surface area contributed by atoms with Crippen LogP contribution in [0.3, 0.4) is 0 Å². The molecule has 0 saturated carbocycles. The molecule has 23 heavy (non-hydrogen) atoms. The van der Waals surface area contributed by atoms with E-state index in [1.165, 1.54) is 0 Å². The average Bonchev–Trinajstić information content (AvgIpc) is 2.82. The summed E-state index contributed by atoms with van der Waals surface area (Å²) in [4.78, 5) is 29.5. The molecule has 2 aliphatic rings. The topological polar surface area (TPSA) is 88.2 Å². The van der Waals surface area contributed by atoms with Crippen LogP contribution in [0.4, 0.5) is 5.82 Å². The van der Waals surface area contributed by atoms with Crippen molar-refractivity contribution in [3.05, 3.63) is 36.3 Å². The number of anilines is 1. The third-order valence-electron chi connectivity index (χ3n) is 4.77. The fourth-order valence-corrected chi connectivity index (χ4v) is 3.45. The summed E-state index contributed by atoms with van der Waals surface area (Å²) < 4.78 is 0. The largest absolute Gasteiger partial charge is 0.364 e. The number of hydrogen-bond acceptors (Lipinski definition) is 6. The van der Waals surface area contributed by atoms with Gasteiger partial charge in [0, 0.05) is 31.4 Å². The quantitative estimate of drug-likeness (QED) is 0.889. The van der Waals surface area contributed by atoms with E-state index < -0.39 is 5.91 Å². The molecule has 0 aromatic carbocycles. The van der Waals surface area contributed by atoms with Gasteiger partial charge in [-0.05, 0) is 25.6 Å². The average molecular weight is 310 g/mol. The number of amides is 1. The highest BCUT2D eigenvalue weighted by Crippen LogP contribution is 2.35.